The maximum Gasteiger partial charge on any atom is 0.285 e. The van der Waals surface area contributed by atoms with Gasteiger partial charge in [-0.2, -0.15) is 5.01 Å². The molecule has 1 aromatic heterocycles. The van der Waals surface area contributed by atoms with Gasteiger partial charge in [0, 0.05) is 49.8 Å². The smallest absolute Gasteiger partial charge is 0.285 e. The summed E-state index contributed by atoms with van der Waals surface area (Å²) in [6.07, 6.45) is 1.79. The quantitative estimate of drug-likeness (QED) is 0.272. The number of nitro benzene ring substituents is 1. The van der Waals surface area contributed by atoms with E-state index in [-0.39, 0.29) is 22.3 Å². The molecule has 0 unspecified atom stereocenters. The Kier molecular flexibility index (Phi) is 7.18. The summed E-state index contributed by atoms with van der Waals surface area (Å²) < 4.78 is 11.3. The molecule has 2 amide bonds. The summed E-state index contributed by atoms with van der Waals surface area (Å²) in [6, 6.07) is 9.36. The van der Waals surface area contributed by atoms with Gasteiger partial charge in [0.2, 0.25) is 5.91 Å². The second kappa shape index (κ2) is 10.3. The highest BCUT2D eigenvalue weighted by Gasteiger charge is 2.34. The van der Waals surface area contributed by atoms with Crippen LogP contribution in [0.1, 0.15) is 12.2 Å². The maximum absolute atomic E-state index is 12.7. The molecule has 0 atom stereocenters. The van der Waals surface area contributed by atoms with Gasteiger partial charge in [0.05, 0.1) is 23.0 Å². The number of nitrogens with one attached hydrogen (secondary N) is 1. The number of thiocarbonyl (C=S) groups is 1. The van der Waals surface area contributed by atoms with Gasteiger partial charge in [-0.1, -0.05) is 11.8 Å². The number of amides is 2. The van der Waals surface area contributed by atoms with Crippen LogP contribution in [-0.2, 0) is 14.3 Å². The molecule has 0 saturated carbocycles. The molecule has 33 heavy (non-hydrogen) atoms. The Hall–Kier alpha value is -3.06. The number of non-ortho nitro benzene ring substituents is 1. The Labute approximate surface area is 198 Å². The van der Waals surface area contributed by atoms with E-state index in [4.69, 9.17) is 21.4 Å². The van der Waals surface area contributed by atoms with Crippen LogP contribution < -0.4 is 5.43 Å². The van der Waals surface area contributed by atoms with Crippen molar-refractivity contribution in [1.29, 1.82) is 0 Å². The lowest BCUT2D eigenvalue weighted by molar-refractivity contribution is -0.384. The minimum atomic E-state index is -0.471. The van der Waals surface area contributed by atoms with E-state index in [1.165, 1.54) is 12.1 Å². The summed E-state index contributed by atoms with van der Waals surface area (Å²) in [5.74, 6) is 0.195. The standard InChI is InChI=1S/C21H20N4O6S2/c26-19(7-8-23-9-11-30-12-10-23)22-24-20(27)18(33-21(24)32)13-16-5-6-17(31-16)14-1-3-15(4-2-14)25(28)29/h1-6,13H,7-12H2,(H,22,26)/b18-13+. The molecule has 0 spiro atoms. The van der Waals surface area contributed by atoms with Crippen molar-refractivity contribution in [2.75, 3.05) is 32.8 Å². The van der Waals surface area contributed by atoms with Crippen LogP contribution >= 0.6 is 24.0 Å². The first-order chi connectivity index (χ1) is 15.9. The lowest BCUT2D eigenvalue weighted by Gasteiger charge is -2.26. The zero-order valence-corrected chi connectivity index (χ0v) is 19.0. The second-order valence-electron chi connectivity index (χ2n) is 7.26. The highest BCUT2D eigenvalue weighted by molar-refractivity contribution is 8.26. The van der Waals surface area contributed by atoms with Crippen LogP contribution in [0.2, 0.25) is 0 Å². The predicted octanol–water partition coefficient (Wildman–Crippen LogP) is 2.81. The average molecular weight is 489 g/mol. The third-order valence-electron chi connectivity index (χ3n) is 5.05. The van der Waals surface area contributed by atoms with Gasteiger partial charge in [-0.3, -0.25) is 30.0 Å². The normalized spacial score (nSPS) is 18.2. The highest BCUT2D eigenvalue weighted by Crippen LogP contribution is 2.33. The summed E-state index contributed by atoms with van der Waals surface area (Å²) in [5.41, 5.74) is 3.23. The van der Waals surface area contributed by atoms with E-state index in [1.54, 1.807) is 30.3 Å². The van der Waals surface area contributed by atoms with E-state index >= 15 is 0 Å². The topological polar surface area (TPSA) is 118 Å². The van der Waals surface area contributed by atoms with Gasteiger partial charge < -0.3 is 9.15 Å². The summed E-state index contributed by atoms with van der Waals surface area (Å²) >= 11 is 6.32. The summed E-state index contributed by atoms with van der Waals surface area (Å²) in [6.45, 7) is 3.45. The first kappa shape index (κ1) is 23.1. The van der Waals surface area contributed by atoms with Crippen molar-refractivity contribution in [2.45, 2.75) is 6.42 Å². The largest absolute Gasteiger partial charge is 0.457 e. The summed E-state index contributed by atoms with van der Waals surface area (Å²) in [7, 11) is 0. The minimum absolute atomic E-state index is 0.0128. The number of morpholine rings is 1. The van der Waals surface area contributed by atoms with Crippen LogP contribution in [0.25, 0.3) is 17.4 Å². The molecule has 12 heteroatoms. The van der Waals surface area contributed by atoms with E-state index in [2.05, 4.69) is 10.3 Å². The molecule has 1 N–H and O–H groups in total. The number of furan rings is 1. The number of rotatable bonds is 7. The molecular weight excluding hydrogens is 468 g/mol. The van der Waals surface area contributed by atoms with E-state index in [1.807, 2.05) is 0 Å². The van der Waals surface area contributed by atoms with E-state index in [0.717, 1.165) is 29.9 Å². The molecule has 1 aromatic carbocycles. The second-order valence-corrected chi connectivity index (χ2v) is 8.94. The van der Waals surface area contributed by atoms with E-state index in [0.29, 0.717) is 41.7 Å². The number of thioether (sulfide) groups is 1. The molecule has 10 nitrogen and oxygen atoms in total. The molecule has 0 aliphatic carbocycles. The zero-order valence-electron chi connectivity index (χ0n) is 17.4. The van der Waals surface area contributed by atoms with Crippen molar-refractivity contribution in [3.05, 3.63) is 57.2 Å². The maximum atomic E-state index is 12.7. The van der Waals surface area contributed by atoms with Gasteiger partial charge in [0.25, 0.3) is 11.6 Å². The Morgan fingerprint density at radius 1 is 1.21 bits per heavy atom. The van der Waals surface area contributed by atoms with E-state index in [9.17, 15) is 19.7 Å². The monoisotopic (exact) mass is 488 g/mol. The van der Waals surface area contributed by atoms with Crippen LogP contribution in [0.4, 0.5) is 5.69 Å². The molecule has 2 fully saturated rings. The molecule has 2 aliphatic heterocycles. The molecule has 3 heterocycles. The minimum Gasteiger partial charge on any atom is -0.457 e. The molecule has 0 radical (unpaired) electrons. The van der Waals surface area contributed by atoms with Gasteiger partial charge in [-0.25, -0.2) is 0 Å². The number of nitro groups is 1. The molecule has 2 aromatic rings. The Morgan fingerprint density at radius 3 is 2.64 bits per heavy atom. The predicted molar refractivity (Wildman–Crippen MR) is 126 cm³/mol. The van der Waals surface area contributed by atoms with Crippen molar-refractivity contribution < 1.29 is 23.7 Å². The molecule has 2 aliphatic rings. The third-order valence-corrected chi connectivity index (χ3v) is 6.35. The number of carbonyl (C=O) groups is 2. The fourth-order valence-corrected chi connectivity index (χ4v) is 4.45. The SMILES string of the molecule is O=C(CCN1CCOCC1)NN1C(=O)/C(=C\c2ccc(-c3ccc([N+](=O)[O-])cc3)o2)SC1=S. The van der Waals surface area contributed by atoms with Gasteiger partial charge in [-0.05, 0) is 36.5 Å². The first-order valence-corrected chi connectivity index (χ1v) is 11.4. The number of hydrogen-bond acceptors (Lipinski definition) is 9. The van der Waals surface area contributed by atoms with Crippen molar-refractivity contribution in [3.8, 4) is 11.3 Å². The summed E-state index contributed by atoms with van der Waals surface area (Å²) in [5, 5.41) is 11.9. The first-order valence-electron chi connectivity index (χ1n) is 10.1. The van der Waals surface area contributed by atoms with Crippen molar-refractivity contribution in [2.24, 2.45) is 0 Å². The molecule has 2 saturated heterocycles. The highest BCUT2D eigenvalue weighted by atomic mass is 32.2. The third kappa shape index (κ3) is 5.66. The summed E-state index contributed by atoms with van der Waals surface area (Å²) in [4.78, 5) is 37.8. The van der Waals surface area contributed by atoms with Crippen LogP contribution in [0.15, 0.2) is 45.7 Å². The lowest BCUT2D eigenvalue weighted by atomic mass is 10.1. The average Bonchev–Trinajstić information content (AvgIpc) is 3.39. The Balaban J connectivity index is 1.37. The van der Waals surface area contributed by atoms with Crippen LogP contribution in [-0.4, -0.2) is 63.8 Å². The number of benzene rings is 1. The van der Waals surface area contributed by atoms with Gasteiger partial charge >= 0.3 is 0 Å². The molecule has 4 rings (SSSR count). The molecule has 172 valence electrons. The lowest BCUT2D eigenvalue weighted by Crippen LogP contribution is -2.46. The van der Waals surface area contributed by atoms with Gasteiger partial charge in [-0.15, -0.1) is 0 Å². The van der Waals surface area contributed by atoms with Gasteiger partial charge in [0.1, 0.15) is 11.5 Å². The fraction of sp³-hybridized carbons (Fsp3) is 0.286. The van der Waals surface area contributed by atoms with Crippen LogP contribution in [0.3, 0.4) is 0 Å². The number of hydrazine groups is 1. The van der Waals surface area contributed by atoms with Crippen LogP contribution in [0.5, 0.6) is 0 Å². The van der Waals surface area contributed by atoms with E-state index < -0.39 is 10.8 Å². The number of hydrogen-bond donors (Lipinski definition) is 1. The van der Waals surface area contributed by atoms with Gasteiger partial charge in [0.15, 0.2) is 4.32 Å². The zero-order chi connectivity index (χ0) is 23.4. The van der Waals surface area contributed by atoms with Crippen molar-refractivity contribution >= 4 is 51.9 Å². The van der Waals surface area contributed by atoms with Crippen LogP contribution in [0, 0.1) is 10.1 Å². The molecule has 0 bridgehead atoms. The molecular formula is C21H20N4O6S2. The number of nitrogens with zero attached hydrogens (tertiary/aromatic N) is 3. The fourth-order valence-electron chi connectivity index (χ4n) is 3.29. The van der Waals surface area contributed by atoms with Crippen molar-refractivity contribution in [1.82, 2.24) is 15.3 Å². The Bertz CT molecular complexity index is 1110. The number of ether oxygens (including phenoxy) is 1. The van der Waals surface area contributed by atoms with Crippen molar-refractivity contribution in [3.63, 3.8) is 0 Å². The number of carbonyl (C=O) groups excluding carboxylic acids is 2. The Morgan fingerprint density at radius 2 is 1.94 bits per heavy atom.